The van der Waals surface area contributed by atoms with E-state index in [0.717, 1.165) is 30.2 Å². The molecule has 4 aromatic rings. The summed E-state index contributed by atoms with van der Waals surface area (Å²) in [6, 6.07) is 12.4. The van der Waals surface area contributed by atoms with Gasteiger partial charge >= 0.3 is 6.01 Å². The summed E-state index contributed by atoms with van der Waals surface area (Å²) in [6.07, 6.45) is 2.26. The molecule has 42 heavy (non-hydrogen) atoms. The Morgan fingerprint density at radius 3 is 2.69 bits per heavy atom. The molecule has 1 unspecified atom stereocenters. The summed E-state index contributed by atoms with van der Waals surface area (Å²) in [4.78, 5) is 13.7. The quantitative estimate of drug-likeness (QED) is 0.277. The van der Waals surface area contributed by atoms with Crippen LogP contribution in [0.4, 0.5) is 10.2 Å². The SMILES string of the molecule is CN(C)CC1(COc2nc(N3C[C@H]4NC(C)(C[C@H]4O)C3)c3cc(Cl)c(-c4cc(O)cc5ccccc45)c(F)c3n2)CC1. The summed E-state index contributed by atoms with van der Waals surface area (Å²) in [5, 5.41) is 26.9. The Morgan fingerprint density at radius 2 is 1.95 bits per heavy atom. The van der Waals surface area contributed by atoms with Gasteiger partial charge < -0.3 is 30.1 Å². The van der Waals surface area contributed by atoms with Crippen LogP contribution in [-0.2, 0) is 0 Å². The lowest BCUT2D eigenvalue weighted by Gasteiger charge is -2.40. The van der Waals surface area contributed by atoms with E-state index in [1.54, 1.807) is 12.1 Å². The van der Waals surface area contributed by atoms with Gasteiger partial charge in [0.1, 0.15) is 17.1 Å². The van der Waals surface area contributed by atoms with Crippen molar-refractivity contribution in [3.63, 3.8) is 0 Å². The van der Waals surface area contributed by atoms with Gasteiger partial charge in [-0.15, -0.1) is 0 Å². The van der Waals surface area contributed by atoms with Crippen molar-refractivity contribution in [1.29, 1.82) is 0 Å². The molecule has 220 valence electrons. The first-order valence-electron chi connectivity index (χ1n) is 14.4. The molecule has 3 atom stereocenters. The highest BCUT2D eigenvalue weighted by atomic mass is 35.5. The Morgan fingerprint density at radius 1 is 1.17 bits per heavy atom. The Bertz CT molecular complexity index is 1710. The molecule has 2 saturated heterocycles. The second kappa shape index (κ2) is 9.91. The topological polar surface area (TPSA) is 94.0 Å². The maximum absolute atomic E-state index is 16.8. The van der Waals surface area contributed by atoms with Crippen molar-refractivity contribution in [2.24, 2.45) is 5.41 Å². The summed E-state index contributed by atoms with van der Waals surface area (Å²) >= 11 is 6.86. The lowest BCUT2D eigenvalue weighted by atomic mass is 9.96. The molecule has 2 bridgehead atoms. The number of nitrogens with zero attached hydrogens (tertiary/aromatic N) is 4. The van der Waals surface area contributed by atoms with E-state index in [9.17, 15) is 10.2 Å². The number of hydrogen-bond acceptors (Lipinski definition) is 8. The van der Waals surface area contributed by atoms with Crippen molar-refractivity contribution >= 4 is 39.1 Å². The fourth-order valence-electron chi connectivity index (χ4n) is 7.00. The van der Waals surface area contributed by atoms with Crippen LogP contribution in [0.25, 0.3) is 32.8 Å². The molecule has 3 aromatic carbocycles. The second-order valence-corrected chi connectivity index (χ2v) is 13.4. The van der Waals surface area contributed by atoms with E-state index in [1.165, 1.54) is 6.07 Å². The van der Waals surface area contributed by atoms with Crippen LogP contribution in [0.2, 0.25) is 5.02 Å². The average Bonchev–Trinajstić information content (AvgIpc) is 3.65. The van der Waals surface area contributed by atoms with Gasteiger partial charge in [0.2, 0.25) is 0 Å². The number of aromatic nitrogens is 2. The monoisotopic (exact) mass is 591 g/mol. The van der Waals surface area contributed by atoms with Gasteiger partial charge in [0, 0.05) is 41.5 Å². The largest absolute Gasteiger partial charge is 0.508 e. The van der Waals surface area contributed by atoms with Gasteiger partial charge in [0.15, 0.2) is 5.82 Å². The first-order valence-corrected chi connectivity index (χ1v) is 14.8. The van der Waals surface area contributed by atoms with Crippen molar-refractivity contribution < 1.29 is 19.3 Å². The van der Waals surface area contributed by atoms with Gasteiger partial charge in [-0.25, -0.2) is 4.39 Å². The highest BCUT2D eigenvalue weighted by Gasteiger charge is 2.47. The Balaban J connectivity index is 1.38. The van der Waals surface area contributed by atoms with Crippen molar-refractivity contribution in [3.8, 4) is 22.9 Å². The first kappa shape index (κ1) is 27.6. The van der Waals surface area contributed by atoms with E-state index in [4.69, 9.17) is 21.3 Å². The number of aromatic hydroxyl groups is 1. The molecule has 3 fully saturated rings. The minimum absolute atomic E-state index is 0.0189. The summed E-state index contributed by atoms with van der Waals surface area (Å²) in [5.74, 6) is -0.0432. The zero-order chi connectivity index (χ0) is 29.4. The molecular formula is C32H35ClFN5O3. The molecule has 7 rings (SSSR count). The lowest BCUT2D eigenvalue weighted by Crippen LogP contribution is -2.59. The van der Waals surface area contributed by atoms with Gasteiger partial charge in [-0.2, -0.15) is 9.97 Å². The number of phenolic OH excluding ortho intramolecular Hbond substituents is 1. The number of halogens is 2. The van der Waals surface area contributed by atoms with Crippen LogP contribution >= 0.6 is 11.6 Å². The van der Waals surface area contributed by atoms with E-state index in [2.05, 4.69) is 27.0 Å². The smallest absolute Gasteiger partial charge is 0.319 e. The van der Waals surface area contributed by atoms with Crippen LogP contribution in [0.1, 0.15) is 26.2 Å². The number of fused-ring (bicyclic) bond motifs is 4. The summed E-state index contributed by atoms with van der Waals surface area (Å²) in [6.45, 7) is 4.50. The third kappa shape index (κ3) is 4.82. The lowest BCUT2D eigenvalue weighted by molar-refractivity contribution is 0.162. The summed E-state index contributed by atoms with van der Waals surface area (Å²) < 4.78 is 23.0. The molecule has 10 heteroatoms. The van der Waals surface area contributed by atoms with E-state index in [0.29, 0.717) is 42.9 Å². The average molecular weight is 592 g/mol. The fourth-order valence-corrected chi connectivity index (χ4v) is 7.29. The number of piperazine rings is 1. The molecule has 3 N–H and O–H groups in total. The predicted octanol–water partition coefficient (Wildman–Crippen LogP) is 4.97. The molecule has 1 aromatic heterocycles. The zero-order valence-electron chi connectivity index (χ0n) is 24.0. The van der Waals surface area contributed by atoms with E-state index in [1.807, 2.05) is 38.4 Å². The van der Waals surface area contributed by atoms with Gasteiger partial charge in [-0.3, -0.25) is 0 Å². The standard InChI is InChI=1S/C32H35ClFN5O3/c1-31-13-25(41)24(37-31)14-39(15-31)29-22-12-23(33)26(21-11-19(40)10-18-6-4-5-7-20(18)21)27(34)28(22)35-30(36-29)42-17-32(8-9-32)16-38(2)3/h4-7,10-12,24-25,37,40-41H,8-9,13-17H2,1-3H3/t24-,25-,31?/m1/s1. The minimum atomic E-state index is -0.597. The number of nitrogens with one attached hydrogen (secondary N) is 1. The number of phenols is 1. The number of rotatable bonds is 7. The fraction of sp³-hybridized carbons (Fsp3) is 0.438. The minimum Gasteiger partial charge on any atom is -0.508 e. The van der Waals surface area contributed by atoms with E-state index in [-0.39, 0.29) is 44.9 Å². The highest BCUT2D eigenvalue weighted by Crippen LogP contribution is 2.47. The molecule has 0 spiro atoms. The molecular weight excluding hydrogens is 557 g/mol. The van der Waals surface area contributed by atoms with Crippen molar-refractivity contribution in [3.05, 3.63) is 53.3 Å². The molecule has 0 amide bonds. The zero-order valence-corrected chi connectivity index (χ0v) is 24.7. The maximum Gasteiger partial charge on any atom is 0.319 e. The van der Waals surface area contributed by atoms with E-state index >= 15 is 4.39 Å². The van der Waals surface area contributed by atoms with Crippen LogP contribution in [0, 0.1) is 11.2 Å². The summed E-state index contributed by atoms with van der Waals surface area (Å²) in [7, 11) is 4.09. The van der Waals surface area contributed by atoms with Crippen LogP contribution in [0.3, 0.4) is 0 Å². The van der Waals surface area contributed by atoms with Crippen LogP contribution in [0.15, 0.2) is 42.5 Å². The number of aliphatic hydroxyl groups excluding tert-OH is 1. The Kier molecular flexibility index (Phi) is 6.51. The molecule has 3 aliphatic rings. The number of hydrogen-bond donors (Lipinski definition) is 3. The Labute approximate surface area is 249 Å². The predicted molar refractivity (Wildman–Crippen MR) is 163 cm³/mol. The Hall–Kier alpha value is -3.24. The maximum atomic E-state index is 16.8. The number of anilines is 1. The van der Waals surface area contributed by atoms with Crippen LogP contribution in [0.5, 0.6) is 11.8 Å². The molecule has 1 saturated carbocycles. The van der Waals surface area contributed by atoms with Gasteiger partial charge in [-0.05, 0) is 74.8 Å². The molecule has 2 aliphatic heterocycles. The molecule has 1 aliphatic carbocycles. The van der Waals surface area contributed by atoms with Gasteiger partial charge in [0.25, 0.3) is 0 Å². The van der Waals surface area contributed by atoms with Crippen molar-refractivity contribution in [2.75, 3.05) is 45.2 Å². The van der Waals surface area contributed by atoms with Crippen molar-refractivity contribution in [1.82, 2.24) is 20.2 Å². The van der Waals surface area contributed by atoms with Gasteiger partial charge in [0.05, 0.1) is 23.8 Å². The van der Waals surface area contributed by atoms with Crippen LogP contribution in [-0.4, -0.2) is 83.1 Å². The normalized spacial score (nSPS) is 24.6. The number of benzene rings is 3. The molecule has 0 radical (unpaired) electrons. The third-order valence-electron chi connectivity index (χ3n) is 8.99. The number of ether oxygens (including phenoxy) is 1. The third-order valence-corrected chi connectivity index (χ3v) is 9.29. The van der Waals surface area contributed by atoms with Crippen molar-refractivity contribution in [2.45, 2.75) is 43.9 Å². The molecule has 8 nitrogen and oxygen atoms in total. The van der Waals surface area contributed by atoms with E-state index < -0.39 is 11.9 Å². The van der Waals surface area contributed by atoms with Crippen LogP contribution < -0.4 is 15.0 Å². The highest BCUT2D eigenvalue weighted by molar-refractivity contribution is 6.35. The van der Waals surface area contributed by atoms with Gasteiger partial charge in [-0.1, -0.05) is 35.9 Å². The first-order chi connectivity index (χ1) is 20.0. The number of aliphatic hydroxyl groups is 1. The molecule has 3 heterocycles. The second-order valence-electron chi connectivity index (χ2n) is 13.0. The summed E-state index contributed by atoms with van der Waals surface area (Å²) in [5.41, 5.74) is 0.485.